The lowest BCUT2D eigenvalue weighted by Gasteiger charge is -2.22. The number of fused-ring (bicyclic) bond motifs is 1. The van der Waals surface area contributed by atoms with Gasteiger partial charge in [0.2, 0.25) is 0 Å². The van der Waals surface area contributed by atoms with Gasteiger partial charge in [-0.25, -0.2) is 14.2 Å². The summed E-state index contributed by atoms with van der Waals surface area (Å²) >= 11 is 0. The van der Waals surface area contributed by atoms with Crippen LogP contribution in [-0.4, -0.2) is 49.3 Å². The highest BCUT2D eigenvalue weighted by atomic mass is 16.5. The summed E-state index contributed by atoms with van der Waals surface area (Å²) in [4.78, 5) is 4.49. The molecule has 4 heterocycles. The molecule has 2 N–H and O–H groups in total. The number of aliphatic hydroxyl groups is 1. The van der Waals surface area contributed by atoms with E-state index >= 15 is 0 Å². The van der Waals surface area contributed by atoms with Gasteiger partial charge in [-0.2, -0.15) is 10.2 Å². The van der Waals surface area contributed by atoms with Crippen molar-refractivity contribution in [1.29, 1.82) is 0 Å². The van der Waals surface area contributed by atoms with E-state index in [-0.39, 0.29) is 11.6 Å². The molecule has 0 spiro atoms. The molecule has 0 saturated carbocycles. The SMILES string of the molecule is COCc1cc2c(Nc3cc([C@@H]4C[C@H](O)CO4)nn3C(C)(C)C)nccn2n1. The first-order chi connectivity index (χ1) is 13.3. The number of nitrogens with zero attached hydrogens (tertiary/aromatic N) is 5. The molecule has 0 bridgehead atoms. The third-order valence-electron chi connectivity index (χ3n) is 4.65. The molecule has 1 aliphatic rings. The first kappa shape index (κ1) is 18.9. The second kappa shape index (κ2) is 7.16. The van der Waals surface area contributed by atoms with E-state index in [1.807, 2.05) is 16.8 Å². The van der Waals surface area contributed by atoms with Gasteiger partial charge < -0.3 is 19.9 Å². The van der Waals surface area contributed by atoms with Gasteiger partial charge in [0, 0.05) is 32.0 Å². The van der Waals surface area contributed by atoms with Gasteiger partial charge in [-0.3, -0.25) is 0 Å². The second-order valence-electron chi connectivity index (χ2n) is 8.05. The lowest BCUT2D eigenvalue weighted by molar-refractivity contribution is 0.0860. The predicted molar refractivity (Wildman–Crippen MR) is 104 cm³/mol. The minimum Gasteiger partial charge on any atom is -0.391 e. The lowest BCUT2D eigenvalue weighted by Crippen LogP contribution is -2.25. The minimum atomic E-state index is -0.442. The van der Waals surface area contributed by atoms with Gasteiger partial charge in [0.1, 0.15) is 17.4 Å². The summed E-state index contributed by atoms with van der Waals surface area (Å²) in [6.45, 7) is 7.04. The number of aromatic nitrogens is 5. The molecular formula is C19H26N6O3. The molecule has 4 rings (SSSR count). The Morgan fingerprint density at radius 2 is 2.14 bits per heavy atom. The van der Waals surface area contributed by atoms with Crippen LogP contribution in [0.4, 0.5) is 11.6 Å². The Kier molecular flexibility index (Phi) is 4.82. The molecule has 0 radical (unpaired) electrons. The van der Waals surface area contributed by atoms with Gasteiger partial charge in [0.15, 0.2) is 5.82 Å². The largest absolute Gasteiger partial charge is 0.391 e. The maximum Gasteiger partial charge on any atom is 0.157 e. The van der Waals surface area contributed by atoms with E-state index in [0.717, 1.165) is 22.7 Å². The molecule has 0 amide bonds. The molecule has 1 saturated heterocycles. The predicted octanol–water partition coefficient (Wildman–Crippen LogP) is 2.39. The fraction of sp³-hybridized carbons (Fsp3) is 0.526. The van der Waals surface area contributed by atoms with E-state index in [1.165, 1.54) is 0 Å². The highest BCUT2D eigenvalue weighted by molar-refractivity contribution is 5.72. The summed E-state index contributed by atoms with van der Waals surface area (Å²) in [5, 5.41) is 22.4. The number of nitrogens with one attached hydrogen (secondary N) is 1. The van der Waals surface area contributed by atoms with Gasteiger partial charge in [0.05, 0.1) is 36.2 Å². The molecule has 1 fully saturated rings. The van der Waals surface area contributed by atoms with Crippen molar-refractivity contribution in [3.8, 4) is 0 Å². The number of ether oxygens (including phenoxy) is 2. The Labute approximate surface area is 163 Å². The molecule has 0 aromatic carbocycles. The average Bonchev–Trinajstić information content (AvgIpc) is 3.32. The van der Waals surface area contributed by atoms with E-state index in [1.54, 1.807) is 24.0 Å². The van der Waals surface area contributed by atoms with Crippen LogP contribution in [0.2, 0.25) is 0 Å². The number of hydrogen-bond donors (Lipinski definition) is 2. The molecule has 0 unspecified atom stereocenters. The molecule has 28 heavy (non-hydrogen) atoms. The molecule has 9 nitrogen and oxygen atoms in total. The molecule has 2 atom stereocenters. The zero-order valence-electron chi connectivity index (χ0n) is 16.6. The van der Waals surface area contributed by atoms with Crippen molar-refractivity contribution in [2.45, 2.75) is 51.5 Å². The van der Waals surface area contributed by atoms with E-state index in [2.05, 4.69) is 36.2 Å². The first-order valence-corrected chi connectivity index (χ1v) is 9.34. The molecule has 9 heteroatoms. The number of rotatable bonds is 5. The van der Waals surface area contributed by atoms with Gasteiger partial charge >= 0.3 is 0 Å². The maximum absolute atomic E-state index is 9.79. The highest BCUT2D eigenvalue weighted by Gasteiger charge is 2.30. The molecule has 3 aromatic rings. The summed E-state index contributed by atoms with van der Waals surface area (Å²) in [6.07, 6.45) is 3.42. The average molecular weight is 386 g/mol. The Hall–Kier alpha value is -2.49. The van der Waals surface area contributed by atoms with Crippen molar-refractivity contribution in [1.82, 2.24) is 24.4 Å². The van der Waals surface area contributed by atoms with Crippen molar-refractivity contribution < 1.29 is 14.6 Å². The van der Waals surface area contributed by atoms with Crippen LogP contribution < -0.4 is 5.32 Å². The normalized spacial score (nSPS) is 20.2. The molecule has 1 aliphatic heterocycles. The summed E-state index contributed by atoms with van der Waals surface area (Å²) in [5.41, 5.74) is 2.24. The fourth-order valence-electron chi connectivity index (χ4n) is 3.38. The monoisotopic (exact) mass is 386 g/mol. The minimum absolute atomic E-state index is 0.203. The van der Waals surface area contributed by atoms with Crippen molar-refractivity contribution >= 4 is 17.2 Å². The number of hydrogen-bond acceptors (Lipinski definition) is 7. The van der Waals surface area contributed by atoms with Gasteiger partial charge in [-0.15, -0.1) is 0 Å². The number of anilines is 2. The van der Waals surface area contributed by atoms with E-state index in [9.17, 15) is 5.11 Å². The maximum atomic E-state index is 9.79. The Balaban J connectivity index is 1.71. The zero-order valence-corrected chi connectivity index (χ0v) is 16.6. The zero-order chi connectivity index (χ0) is 19.9. The van der Waals surface area contributed by atoms with Crippen LogP contribution in [0.1, 0.15) is 44.7 Å². The van der Waals surface area contributed by atoms with Crippen LogP contribution in [0.25, 0.3) is 5.52 Å². The standard InChI is InChI=1S/C19H26N6O3/c1-19(2,3)25-17(9-14(23-25)16-8-13(26)11-28-16)21-18-15-7-12(10-27-4)22-24(15)6-5-20-18/h5-7,9,13,16,26H,8,10-11H2,1-4H3,(H,20,21)/t13-,16-/m0/s1. The molecule has 3 aromatic heterocycles. The van der Waals surface area contributed by atoms with Crippen LogP contribution in [0.15, 0.2) is 24.5 Å². The van der Waals surface area contributed by atoms with Crippen molar-refractivity contribution in [3.05, 3.63) is 35.9 Å². The van der Waals surface area contributed by atoms with Crippen molar-refractivity contribution in [2.75, 3.05) is 19.0 Å². The topological polar surface area (TPSA) is 98.7 Å². The number of aliphatic hydroxyl groups excluding tert-OH is 1. The second-order valence-corrected chi connectivity index (χ2v) is 8.05. The summed E-state index contributed by atoms with van der Waals surface area (Å²) in [6, 6.07) is 3.92. The molecular weight excluding hydrogens is 360 g/mol. The summed E-state index contributed by atoms with van der Waals surface area (Å²) in [7, 11) is 1.65. The van der Waals surface area contributed by atoms with Gasteiger partial charge in [0.25, 0.3) is 0 Å². The van der Waals surface area contributed by atoms with E-state index in [4.69, 9.17) is 14.6 Å². The third-order valence-corrected chi connectivity index (χ3v) is 4.65. The summed E-state index contributed by atoms with van der Waals surface area (Å²) < 4.78 is 14.6. The van der Waals surface area contributed by atoms with Crippen molar-refractivity contribution in [2.24, 2.45) is 0 Å². The number of methoxy groups -OCH3 is 1. The Morgan fingerprint density at radius 3 is 2.82 bits per heavy atom. The van der Waals surface area contributed by atoms with Crippen LogP contribution in [0.5, 0.6) is 0 Å². The van der Waals surface area contributed by atoms with Crippen LogP contribution in [0, 0.1) is 0 Å². The van der Waals surface area contributed by atoms with Crippen LogP contribution >= 0.6 is 0 Å². The summed E-state index contributed by atoms with van der Waals surface area (Å²) in [5.74, 6) is 1.49. The van der Waals surface area contributed by atoms with Crippen LogP contribution in [0.3, 0.4) is 0 Å². The fourth-order valence-corrected chi connectivity index (χ4v) is 3.38. The highest BCUT2D eigenvalue weighted by Crippen LogP contribution is 2.33. The Morgan fingerprint density at radius 1 is 1.32 bits per heavy atom. The first-order valence-electron chi connectivity index (χ1n) is 9.34. The molecule has 150 valence electrons. The Bertz CT molecular complexity index is 974. The smallest absolute Gasteiger partial charge is 0.157 e. The van der Waals surface area contributed by atoms with E-state index in [0.29, 0.717) is 25.5 Å². The van der Waals surface area contributed by atoms with E-state index < -0.39 is 6.10 Å². The lowest BCUT2D eigenvalue weighted by atomic mass is 10.1. The van der Waals surface area contributed by atoms with Crippen LogP contribution in [-0.2, 0) is 21.6 Å². The van der Waals surface area contributed by atoms with Gasteiger partial charge in [-0.05, 0) is 26.8 Å². The van der Waals surface area contributed by atoms with Gasteiger partial charge in [-0.1, -0.05) is 0 Å². The van der Waals surface area contributed by atoms with Crippen molar-refractivity contribution in [3.63, 3.8) is 0 Å². The quantitative estimate of drug-likeness (QED) is 0.695. The molecule has 0 aliphatic carbocycles. The third kappa shape index (κ3) is 3.60.